The Morgan fingerprint density at radius 3 is 2.71 bits per heavy atom. The van der Waals surface area contributed by atoms with Crippen LogP contribution in [0.4, 0.5) is 0 Å². The number of nitrogens with one attached hydrogen (secondary N) is 1. The topological polar surface area (TPSA) is 12.0 Å². The van der Waals surface area contributed by atoms with Gasteiger partial charge in [-0.25, -0.2) is 0 Å². The fourth-order valence-electron chi connectivity index (χ4n) is 2.72. The van der Waals surface area contributed by atoms with Gasteiger partial charge < -0.3 is 5.32 Å². The van der Waals surface area contributed by atoms with E-state index in [4.69, 9.17) is 0 Å². The quantitative estimate of drug-likeness (QED) is 0.812. The Morgan fingerprint density at radius 1 is 1.29 bits per heavy atom. The standard InChI is InChI=1S/C16H25N/c1-5-17-15-8-6-7-12-9-10-13(11-14(12)15)16(2,3)4/h9-11,15,17H,5-8H2,1-4H3. The van der Waals surface area contributed by atoms with E-state index in [2.05, 4.69) is 51.2 Å². The zero-order valence-electron chi connectivity index (χ0n) is 11.6. The summed E-state index contributed by atoms with van der Waals surface area (Å²) in [7, 11) is 0. The van der Waals surface area contributed by atoms with Gasteiger partial charge >= 0.3 is 0 Å². The van der Waals surface area contributed by atoms with Crippen LogP contribution in [0.1, 0.15) is 63.3 Å². The predicted octanol–water partition coefficient (Wildman–Crippen LogP) is 3.97. The van der Waals surface area contributed by atoms with Gasteiger partial charge in [-0.3, -0.25) is 0 Å². The van der Waals surface area contributed by atoms with Crippen LogP contribution in [0.2, 0.25) is 0 Å². The van der Waals surface area contributed by atoms with Gasteiger partial charge in [-0.2, -0.15) is 0 Å². The van der Waals surface area contributed by atoms with Gasteiger partial charge in [0.05, 0.1) is 0 Å². The minimum atomic E-state index is 0.253. The lowest BCUT2D eigenvalue weighted by Gasteiger charge is -2.29. The molecule has 0 heterocycles. The van der Waals surface area contributed by atoms with E-state index in [9.17, 15) is 0 Å². The van der Waals surface area contributed by atoms with Crippen LogP contribution in [0.15, 0.2) is 18.2 Å². The van der Waals surface area contributed by atoms with Crippen molar-refractivity contribution in [3.63, 3.8) is 0 Å². The molecule has 1 unspecified atom stereocenters. The molecule has 1 heteroatoms. The molecule has 2 rings (SSSR count). The summed E-state index contributed by atoms with van der Waals surface area (Å²) in [5.41, 5.74) is 4.81. The normalized spacial score (nSPS) is 20.1. The van der Waals surface area contributed by atoms with Crippen molar-refractivity contribution in [1.82, 2.24) is 5.32 Å². The zero-order chi connectivity index (χ0) is 12.5. The summed E-state index contributed by atoms with van der Waals surface area (Å²) in [6.45, 7) is 10.1. The van der Waals surface area contributed by atoms with Gasteiger partial charge in [0.1, 0.15) is 0 Å². The molecule has 94 valence electrons. The summed E-state index contributed by atoms with van der Waals surface area (Å²) in [4.78, 5) is 0. The first-order valence-corrected chi connectivity index (χ1v) is 6.89. The van der Waals surface area contributed by atoms with E-state index in [0.717, 1.165) is 6.54 Å². The van der Waals surface area contributed by atoms with Crippen LogP contribution in [0.5, 0.6) is 0 Å². The first-order chi connectivity index (χ1) is 8.02. The molecular formula is C16H25N. The lowest BCUT2D eigenvalue weighted by molar-refractivity contribution is 0.469. The van der Waals surface area contributed by atoms with Crippen LogP contribution < -0.4 is 5.32 Å². The number of fused-ring (bicyclic) bond motifs is 1. The fourth-order valence-corrected chi connectivity index (χ4v) is 2.72. The molecule has 1 aliphatic rings. The minimum Gasteiger partial charge on any atom is -0.310 e. The number of aryl methyl sites for hydroxylation is 1. The third-order valence-electron chi connectivity index (χ3n) is 3.78. The lowest BCUT2D eigenvalue weighted by atomic mass is 9.80. The van der Waals surface area contributed by atoms with Crippen molar-refractivity contribution in [2.24, 2.45) is 0 Å². The van der Waals surface area contributed by atoms with Crippen LogP contribution in [-0.2, 0) is 11.8 Å². The van der Waals surface area contributed by atoms with Gasteiger partial charge in [-0.05, 0) is 47.9 Å². The Kier molecular flexibility index (Phi) is 3.58. The molecule has 17 heavy (non-hydrogen) atoms. The van der Waals surface area contributed by atoms with Crippen molar-refractivity contribution in [3.05, 3.63) is 34.9 Å². The van der Waals surface area contributed by atoms with E-state index >= 15 is 0 Å². The highest BCUT2D eigenvalue weighted by Crippen LogP contribution is 2.33. The fraction of sp³-hybridized carbons (Fsp3) is 0.625. The van der Waals surface area contributed by atoms with Crippen molar-refractivity contribution < 1.29 is 0 Å². The molecule has 1 aliphatic carbocycles. The molecule has 0 fully saturated rings. The second kappa shape index (κ2) is 4.81. The predicted molar refractivity (Wildman–Crippen MR) is 74.5 cm³/mol. The first kappa shape index (κ1) is 12.6. The summed E-state index contributed by atoms with van der Waals surface area (Å²) in [6, 6.07) is 7.67. The zero-order valence-corrected chi connectivity index (χ0v) is 11.6. The third-order valence-corrected chi connectivity index (χ3v) is 3.78. The molecule has 0 spiro atoms. The molecule has 0 radical (unpaired) electrons. The minimum absolute atomic E-state index is 0.253. The van der Waals surface area contributed by atoms with Gasteiger partial charge in [-0.15, -0.1) is 0 Å². The van der Waals surface area contributed by atoms with Crippen LogP contribution in [-0.4, -0.2) is 6.54 Å². The Morgan fingerprint density at radius 2 is 2.06 bits per heavy atom. The number of benzene rings is 1. The van der Waals surface area contributed by atoms with E-state index < -0.39 is 0 Å². The van der Waals surface area contributed by atoms with E-state index in [1.54, 1.807) is 11.1 Å². The maximum atomic E-state index is 3.62. The summed E-state index contributed by atoms with van der Waals surface area (Å²) >= 11 is 0. The van der Waals surface area contributed by atoms with Gasteiger partial charge in [0.25, 0.3) is 0 Å². The summed E-state index contributed by atoms with van der Waals surface area (Å²) < 4.78 is 0. The molecule has 0 bridgehead atoms. The van der Waals surface area contributed by atoms with E-state index in [1.807, 2.05) is 0 Å². The highest BCUT2D eigenvalue weighted by atomic mass is 14.9. The monoisotopic (exact) mass is 231 g/mol. The van der Waals surface area contributed by atoms with Crippen molar-refractivity contribution in [2.45, 2.75) is 58.4 Å². The van der Waals surface area contributed by atoms with Gasteiger partial charge in [0.2, 0.25) is 0 Å². The van der Waals surface area contributed by atoms with Gasteiger partial charge in [-0.1, -0.05) is 45.9 Å². The average Bonchev–Trinajstić information content (AvgIpc) is 2.28. The van der Waals surface area contributed by atoms with Crippen molar-refractivity contribution in [3.8, 4) is 0 Å². The highest BCUT2D eigenvalue weighted by molar-refractivity contribution is 5.38. The molecule has 0 aliphatic heterocycles. The van der Waals surface area contributed by atoms with Crippen LogP contribution in [0, 0.1) is 0 Å². The molecule has 1 aromatic carbocycles. The molecule has 1 N–H and O–H groups in total. The van der Waals surface area contributed by atoms with E-state index in [0.29, 0.717) is 6.04 Å². The molecule has 1 aromatic rings. The van der Waals surface area contributed by atoms with E-state index in [-0.39, 0.29) is 5.41 Å². The van der Waals surface area contributed by atoms with Crippen LogP contribution >= 0.6 is 0 Å². The van der Waals surface area contributed by atoms with Gasteiger partial charge in [0.15, 0.2) is 0 Å². The van der Waals surface area contributed by atoms with Crippen LogP contribution in [0.25, 0.3) is 0 Å². The summed E-state index contributed by atoms with van der Waals surface area (Å²) in [5, 5.41) is 3.62. The van der Waals surface area contributed by atoms with Crippen molar-refractivity contribution in [1.29, 1.82) is 0 Å². The number of rotatable bonds is 2. The SMILES string of the molecule is CCNC1CCCc2ccc(C(C)(C)C)cc21. The molecule has 1 atom stereocenters. The Labute approximate surface area is 106 Å². The van der Waals surface area contributed by atoms with E-state index in [1.165, 1.54) is 24.8 Å². The third kappa shape index (κ3) is 2.71. The maximum Gasteiger partial charge on any atom is 0.0323 e. The molecule has 0 aromatic heterocycles. The number of hydrogen-bond donors (Lipinski definition) is 1. The van der Waals surface area contributed by atoms with Crippen molar-refractivity contribution in [2.75, 3.05) is 6.54 Å². The van der Waals surface area contributed by atoms with Crippen LogP contribution in [0.3, 0.4) is 0 Å². The second-order valence-corrected chi connectivity index (χ2v) is 6.17. The summed E-state index contributed by atoms with van der Waals surface area (Å²) in [6.07, 6.45) is 3.86. The Balaban J connectivity index is 2.37. The highest BCUT2D eigenvalue weighted by Gasteiger charge is 2.22. The molecule has 1 nitrogen and oxygen atoms in total. The smallest absolute Gasteiger partial charge is 0.0323 e. The largest absolute Gasteiger partial charge is 0.310 e. The molecular weight excluding hydrogens is 206 g/mol. The lowest BCUT2D eigenvalue weighted by Crippen LogP contribution is -2.25. The summed E-state index contributed by atoms with van der Waals surface area (Å²) in [5.74, 6) is 0. The second-order valence-electron chi connectivity index (χ2n) is 6.17. The number of hydrogen-bond acceptors (Lipinski definition) is 1. The maximum absolute atomic E-state index is 3.62. The molecule has 0 saturated heterocycles. The van der Waals surface area contributed by atoms with Gasteiger partial charge in [0, 0.05) is 6.04 Å². The average molecular weight is 231 g/mol. The van der Waals surface area contributed by atoms with Crippen molar-refractivity contribution >= 4 is 0 Å². The Bertz CT molecular complexity index is 387. The first-order valence-electron chi connectivity index (χ1n) is 6.89. The Hall–Kier alpha value is -0.820. The molecule has 0 amide bonds. The molecule has 0 saturated carbocycles.